The number of aromatic nitrogens is 2. The maximum Gasteiger partial charge on any atom is 0.408 e. The van der Waals surface area contributed by atoms with Crippen molar-refractivity contribution in [1.29, 1.82) is 0 Å². The van der Waals surface area contributed by atoms with Crippen LogP contribution in [0, 0.1) is 5.41 Å². The van der Waals surface area contributed by atoms with Gasteiger partial charge in [0, 0.05) is 88.0 Å². The number of hydrazine groups is 1. The molecule has 16 nitrogen and oxygen atoms in total. The summed E-state index contributed by atoms with van der Waals surface area (Å²) < 4.78 is 31.2. The first-order valence-corrected chi connectivity index (χ1v) is 23.2. The fourth-order valence-corrected chi connectivity index (χ4v) is 9.67. The number of pyridine rings is 1. The van der Waals surface area contributed by atoms with Gasteiger partial charge in [0.15, 0.2) is 0 Å². The van der Waals surface area contributed by atoms with Crippen molar-refractivity contribution in [2.45, 2.75) is 124 Å². The smallest absolute Gasteiger partial charge is 0.408 e. The van der Waals surface area contributed by atoms with E-state index in [9.17, 15) is 14.4 Å². The highest BCUT2D eigenvalue weighted by atomic mass is 16.6. The average Bonchev–Trinajstić information content (AvgIpc) is 3.57. The van der Waals surface area contributed by atoms with Gasteiger partial charge in [0.05, 0.1) is 68.5 Å². The molecule has 4 aliphatic rings. The highest BCUT2D eigenvalue weighted by Gasteiger charge is 2.37. The summed E-state index contributed by atoms with van der Waals surface area (Å²) in [6.07, 6.45) is 2.89. The molecule has 3 aromatic rings. The second-order valence-electron chi connectivity index (χ2n) is 19.9. The standard InChI is InChI=1S/C48H72N8O8/c1-11-55-41-15-14-32(54-20-22-63-35(29-54)25-40(50-46(59)64-48(6,7)8)44(57)56-16-12-13-39(51-56)45(58)61-10)23-36(41)38(26-47(3,4)5)43(55)37-24-33(27-49-42(37)31(2)60-9)53-18-17-52-19-21-62-30-34(52)28-53/h14-15,23-24,27,31,34-35,39-40,51H,11-13,16-22,25-26,28-30H2,1-10H3,(H,50,59)/t31-,34-,35-,39-,40-/m0/s1. The van der Waals surface area contributed by atoms with Crippen molar-refractivity contribution in [1.82, 2.24) is 30.2 Å². The Morgan fingerprint density at radius 1 is 0.969 bits per heavy atom. The summed E-state index contributed by atoms with van der Waals surface area (Å²) in [5.41, 5.74) is 10.0. The number of carbonyl (C=O) groups is 3. The van der Waals surface area contributed by atoms with Crippen LogP contribution in [0.2, 0.25) is 0 Å². The largest absolute Gasteiger partial charge is 0.468 e. The SMILES string of the molecule is CCn1c(-c2cc(N3CCN4CCOC[C@@H]4C3)cnc2[C@H](C)OC)c(CC(C)(C)C)c2cc(N3CCO[C@@H](C[C@H](NC(=O)OC(C)(C)C)C(=O)N4CCC[C@@H](C(=O)OC)N4)C3)ccc21. The van der Waals surface area contributed by atoms with Gasteiger partial charge in [-0.05, 0) is 89.1 Å². The summed E-state index contributed by atoms with van der Waals surface area (Å²) in [7, 11) is 3.08. The molecule has 16 heteroatoms. The van der Waals surface area contributed by atoms with E-state index in [1.54, 1.807) is 27.9 Å². The number of fused-ring (bicyclic) bond motifs is 2. The fourth-order valence-electron chi connectivity index (χ4n) is 9.67. The van der Waals surface area contributed by atoms with E-state index < -0.39 is 35.9 Å². The van der Waals surface area contributed by atoms with Gasteiger partial charge >= 0.3 is 12.1 Å². The number of aryl methyl sites for hydroxylation is 1. The molecule has 2 amide bonds. The number of nitrogens with zero attached hydrogens (tertiary/aromatic N) is 6. The minimum atomic E-state index is -0.973. The highest BCUT2D eigenvalue weighted by molar-refractivity contribution is 5.95. The van der Waals surface area contributed by atoms with Crippen LogP contribution in [-0.4, -0.2) is 147 Å². The quantitative estimate of drug-likeness (QED) is 0.214. The third-order valence-electron chi connectivity index (χ3n) is 12.8. The van der Waals surface area contributed by atoms with Gasteiger partial charge in [0.25, 0.3) is 5.91 Å². The molecule has 2 N–H and O–H groups in total. The molecular weight excluding hydrogens is 817 g/mol. The number of benzene rings is 1. The van der Waals surface area contributed by atoms with Crippen molar-refractivity contribution in [3.8, 4) is 11.3 Å². The van der Waals surface area contributed by atoms with Crippen LogP contribution in [0.3, 0.4) is 0 Å². The van der Waals surface area contributed by atoms with Gasteiger partial charge in [-0.15, -0.1) is 0 Å². The van der Waals surface area contributed by atoms with E-state index in [0.29, 0.717) is 45.1 Å². The number of hydrogen-bond acceptors (Lipinski definition) is 13. The molecule has 2 aromatic heterocycles. The maximum absolute atomic E-state index is 14.2. The molecule has 1 aromatic carbocycles. The van der Waals surface area contributed by atoms with E-state index in [-0.39, 0.29) is 23.8 Å². The fraction of sp³-hybridized carbons (Fsp3) is 0.667. The van der Waals surface area contributed by atoms with Crippen LogP contribution < -0.4 is 20.5 Å². The molecule has 0 spiro atoms. The number of ether oxygens (including phenoxy) is 5. The molecule has 0 aliphatic carbocycles. The Morgan fingerprint density at radius 2 is 1.75 bits per heavy atom. The number of amides is 2. The molecule has 0 unspecified atom stereocenters. The summed E-state index contributed by atoms with van der Waals surface area (Å²) in [5.74, 6) is -0.809. The molecule has 5 atom stereocenters. The molecule has 4 saturated heterocycles. The Balaban J connectivity index is 1.21. The van der Waals surface area contributed by atoms with Gasteiger partial charge in [-0.3, -0.25) is 24.5 Å². The van der Waals surface area contributed by atoms with Crippen LogP contribution in [0.25, 0.3) is 22.2 Å². The topological polar surface area (TPSA) is 152 Å². The molecule has 352 valence electrons. The second kappa shape index (κ2) is 19.9. The normalized spacial score (nSPS) is 22.2. The first-order valence-electron chi connectivity index (χ1n) is 23.2. The van der Waals surface area contributed by atoms with E-state index in [1.165, 1.54) is 28.8 Å². The summed E-state index contributed by atoms with van der Waals surface area (Å²) in [6, 6.07) is 7.82. The van der Waals surface area contributed by atoms with Crippen LogP contribution >= 0.6 is 0 Å². The Morgan fingerprint density at radius 3 is 2.47 bits per heavy atom. The van der Waals surface area contributed by atoms with Gasteiger partial charge in [0.1, 0.15) is 17.7 Å². The Kier molecular flexibility index (Phi) is 14.8. The summed E-state index contributed by atoms with van der Waals surface area (Å²) in [4.78, 5) is 52.2. The zero-order chi connectivity index (χ0) is 45.9. The number of carbonyl (C=O) groups excluding carboxylic acids is 3. The number of alkyl carbamates (subject to hydrolysis) is 1. The summed E-state index contributed by atoms with van der Waals surface area (Å²) in [5, 5.41) is 5.45. The van der Waals surface area contributed by atoms with Crippen molar-refractivity contribution >= 4 is 40.2 Å². The van der Waals surface area contributed by atoms with Crippen molar-refractivity contribution in [2.24, 2.45) is 5.41 Å². The van der Waals surface area contributed by atoms with E-state index >= 15 is 0 Å². The predicted octanol–water partition coefficient (Wildman–Crippen LogP) is 5.70. The number of anilines is 2. The van der Waals surface area contributed by atoms with E-state index in [4.69, 9.17) is 28.7 Å². The zero-order valence-electron chi connectivity index (χ0n) is 39.8. The lowest BCUT2D eigenvalue weighted by atomic mass is 9.85. The van der Waals surface area contributed by atoms with Crippen molar-refractivity contribution in [3.05, 3.63) is 41.7 Å². The molecule has 7 rings (SSSR count). The number of esters is 1. The summed E-state index contributed by atoms with van der Waals surface area (Å²) in [6.45, 7) is 24.6. The van der Waals surface area contributed by atoms with Gasteiger partial charge < -0.3 is 43.4 Å². The van der Waals surface area contributed by atoms with Crippen LogP contribution in [0.4, 0.5) is 16.2 Å². The van der Waals surface area contributed by atoms with Crippen molar-refractivity contribution in [3.63, 3.8) is 0 Å². The molecular formula is C48H72N8O8. The van der Waals surface area contributed by atoms with Crippen molar-refractivity contribution < 1.29 is 38.1 Å². The molecule has 4 fully saturated rings. The monoisotopic (exact) mass is 889 g/mol. The Hall–Kier alpha value is -4.48. The molecule has 0 radical (unpaired) electrons. The number of morpholine rings is 2. The van der Waals surface area contributed by atoms with Gasteiger partial charge in [-0.1, -0.05) is 20.8 Å². The van der Waals surface area contributed by atoms with Gasteiger partial charge in [-0.2, -0.15) is 0 Å². The number of rotatable bonds is 12. The molecule has 0 bridgehead atoms. The maximum atomic E-state index is 14.2. The van der Waals surface area contributed by atoms with Crippen LogP contribution in [0.15, 0.2) is 30.5 Å². The minimum absolute atomic E-state index is 0.0279. The van der Waals surface area contributed by atoms with Gasteiger partial charge in [0.2, 0.25) is 0 Å². The van der Waals surface area contributed by atoms with E-state index in [0.717, 1.165) is 80.5 Å². The van der Waals surface area contributed by atoms with Crippen LogP contribution in [0.5, 0.6) is 0 Å². The number of nitrogens with one attached hydrogen (secondary N) is 2. The Bertz CT molecular complexity index is 2130. The van der Waals surface area contributed by atoms with Gasteiger partial charge in [-0.25, -0.2) is 10.2 Å². The third kappa shape index (κ3) is 11.0. The summed E-state index contributed by atoms with van der Waals surface area (Å²) >= 11 is 0. The minimum Gasteiger partial charge on any atom is -0.468 e. The Labute approximate surface area is 379 Å². The lowest BCUT2D eigenvalue weighted by molar-refractivity contribution is -0.150. The first kappa shape index (κ1) is 47.5. The van der Waals surface area contributed by atoms with Crippen molar-refractivity contribution in [2.75, 3.05) is 89.7 Å². The van der Waals surface area contributed by atoms with E-state index in [2.05, 4.69) is 88.9 Å². The number of methoxy groups -OCH3 is 2. The second-order valence-corrected chi connectivity index (χ2v) is 19.9. The molecule has 6 heterocycles. The van der Waals surface area contributed by atoms with E-state index in [1.807, 2.05) is 6.20 Å². The average molecular weight is 889 g/mol. The molecule has 0 saturated carbocycles. The lowest BCUT2D eigenvalue weighted by Crippen LogP contribution is -2.61. The molecule has 64 heavy (non-hydrogen) atoms. The molecule has 4 aliphatic heterocycles. The zero-order valence-corrected chi connectivity index (χ0v) is 39.8. The highest BCUT2D eigenvalue weighted by Crippen LogP contribution is 2.43. The number of hydrogen-bond donors (Lipinski definition) is 2. The predicted molar refractivity (Wildman–Crippen MR) is 247 cm³/mol. The number of piperazine rings is 1. The first-order chi connectivity index (χ1) is 30.5. The van der Waals surface area contributed by atoms with Crippen LogP contribution in [-0.2, 0) is 46.2 Å². The van der Waals surface area contributed by atoms with Crippen LogP contribution in [0.1, 0.15) is 92.0 Å². The lowest BCUT2D eigenvalue weighted by Gasteiger charge is -2.44. The third-order valence-corrected chi connectivity index (χ3v) is 12.8.